The second-order valence-corrected chi connectivity index (χ2v) is 13.8. The second-order valence-electron chi connectivity index (χ2n) is 13.8. The Morgan fingerprint density at radius 1 is 0.409 bits per heavy atom. The highest BCUT2D eigenvalue weighted by molar-refractivity contribution is 5.77. The molecule has 0 aromatic heterocycles. The predicted molar refractivity (Wildman–Crippen MR) is 190 cm³/mol. The number of hydrogen-bond donors (Lipinski definition) is 1. The molecule has 0 heterocycles. The number of ether oxygens (including phenoxy) is 1. The first-order valence-electron chi connectivity index (χ1n) is 20.0. The molecule has 0 aliphatic heterocycles. The zero-order valence-electron chi connectivity index (χ0n) is 30.0. The fourth-order valence-corrected chi connectivity index (χ4v) is 6.32. The van der Waals surface area contributed by atoms with Gasteiger partial charge < -0.3 is 9.84 Å². The lowest BCUT2D eigenvalue weighted by Crippen LogP contribution is -2.27. The molecule has 44 heavy (non-hydrogen) atoms. The highest BCUT2D eigenvalue weighted by atomic mass is 16.6. The highest BCUT2D eigenvalue weighted by Gasteiger charge is 2.21. The zero-order valence-corrected chi connectivity index (χ0v) is 30.0. The number of rotatable bonds is 37. The van der Waals surface area contributed by atoms with Crippen molar-refractivity contribution in [1.82, 2.24) is 0 Å². The van der Waals surface area contributed by atoms with E-state index in [9.17, 15) is 14.7 Å². The molecule has 4 heteroatoms. The molecule has 0 radical (unpaired) electrons. The topological polar surface area (TPSA) is 63.6 Å². The second kappa shape index (κ2) is 36.4. The van der Waals surface area contributed by atoms with E-state index in [2.05, 4.69) is 13.8 Å². The molecule has 4 nitrogen and oxygen atoms in total. The molecule has 0 rings (SSSR count). The van der Waals surface area contributed by atoms with Gasteiger partial charge in [-0.25, -0.2) is 4.79 Å². The summed E-state index contributed by atoms with van der Waals surface area (Å²) >= 11 is 0. The van der Waals surface area contributed by atoms with Crippen LogP contribution in [0.4, 0.5) is 0 Å². The lowest BCUT2D eigenvalue weighted by Gasteiger charge is -2.13. The van der Waals surface area contributed by atoms with Crippen LogP contribution in [0.2, 0.25) is 0 Å². The lowest BCUT2D eigenvalue weighted by molar-refractivity contribution is -0.164. The minimum atomic E-state index is -0.999. The molecule has 0 aromatic rings. The summed E-state index contributed by atoms with van der Waals surface area (Å²) in [6, 6.07) is 0. The van der Waals surface area contributed by atoms with Gasteiger partial charge in [0, 0.05) is 6.42 Å². The van der Waals surface area contributed by atoms with E-state index in [-0.39, 0.29) is 5.97 Å². The van der Waals surface area contributed by atoms with Crippen LogP contribution in [-0.2, 0) is 14.3 Å². The van der Waals surface area contributed by atoms with Crippen LogP contribution in [0.5, 0.6) is 0 Å². The molecule has 0 amide bonds. The summed E-state index contributed by atoms with van der Waals surface area (Å²) in [4.78, 5) is 23.8. The van der Waals surface area contributed by atoms with Crippen molar-refractivity contribution in [3.05, 3.63) is 0 Å². The molecule has 0 aliphatic rings. The fraction of sp³-hybridized carbons (Fsp3) is 0.950. The van der Waals surface area contributed by atoms with Gasteiger partial charge in [-0.3, -0.25) is 4.79 Å². The van der Waals surface area contributed by atoms with Crippen LogP contribution in [0.1, 0.15) is 239 Å². The molecular weight excluding hydrogens is 544 g/mol. The Morgan fingerprint density at radius 3 is 0.932 bits per heavy atom. The summed E-state index contributed by atoms with van der Waals surface area (Å²) in [6.07, 6.45) is 42.9. The standard InChI is InChI=1S/C40H78O4/c1-3-5-7-9-11-13-15-17-19-20-21-22-23-25-27-29-31-33-35-37-39(41)44-38(40(42)43)36-34-32-30-28-26-24-18-16-14-12-10-8-6-4-2/h38H,3-37H2,1-2H3,(H,42,43). The monoisotopic (exact) mass is 623 g/mol. The summed E-state index contributed by atoms with van der Waals surface area (Å²) in [6.45, 7) is 4.55. The molecule has 0 saturated heterocycles. The normalized spacial score (nSPS) is 12.0. The van der Waals surface area contributed by atoms with Crippen LogP contribution in [0.3, 0.4) is 0 Å². The maximum absolute atomic E-state index is 12.2. The summed E-state index contributed by atoms with van der Waals surface area (Å²) in [5, 5.41) is 9.48. The third-order valence-corrected chi connectivity index (χ3v) is 9.35. The maximum atomic E-state index is 12.2. The van der Waals surface area contributed by atoms with Crippen LogP contribution < -0.4 is 0 Å². The minimum Gasteiger partial charge on any atom is -0.479 e. The molecular formula is C40H78O4. The lowest BCUT2D eigenvalue weighted by atomic mass is 10.0. The van der Waals surface area contributed by atoms with Crippen molar-refractivity contribution in [3.63, 3.8) is 0 Å². The van der Waals surface area contributed by atoms with Gasteiger partial charge >= 0.3 is 11.9 Å². The van der Waals surface area contributed by atoms with E-state index in [4.69, 9.17) is 4.74 Å². The van der Waals surface area contributed by atoms with Crippen molar-refractivity contribution in [2.24, 2.45) is 0 Å². The fourth-order valence-electron chi connectivity index (χ4n) is 6.32. The Bertz CT molecular complexity index is 590. The number of carbonyl (C=O) groups excluding carboxylic acids is 1. The smallest absolute Gasteiger partial charge is 0.345 e. The average molecular weight is 623 g/mol. The molecule has 0 aliphatic carbocycles. The Kier molecular flexibility index (Phi) is 35.5. The molecule has 1 N–H and O–H groups in total. The van der Waals surface area contributed by atoms with E-state index in [1.807, 2.05) is 0 Å². The quantitative estimate of drug-likeness (QED) is 0.0553. The van der Waals surface area contributed by atoms with Gasteiger partial charge in [-0.05, 0) is 19.3 Å². The summed E-state index contributed by atoms with van der Waals surface area (Å²) in [7, 11) is 0. The molecule has 1 unspecified atom stereocenters. The van der Waals surface area contributed by atoms with Gasteiger partial charge in [0.1, 0.15) is 0 Å². The van der Waals surface area contributed by atoms with Crippen LogP contribution in [0.15, 0.2) is 0 Å². The number of unbranched alkanes of at least 4 members (excludes halogenated alkanes) is 31. The van der Waals surface area contributed by atoms with E-state index in [0.29, 0.717) is 12.8 Å². The third-order valence-electron chi connectivity index (χ3n) is 9.35. The number of hydrogen-bond acceptors (Lipinski definition) is 3. The third kappa shape index (κ3) is 33.8. The van der Waals surface area contributed by atoms with E-state index in [1.54, 1.807) is 0 Å². The summed E-state index contributed by atoms with van der Waals surface area (Å²) < 4.78 is 5.32. The van der Waals surface area contributed by atoms with Crippen molar-refractivity contribution in [2.45, 2.75) is 245 Å². The van der Waals surface area contributed by atoms with Crippen molar-refractivity contribution < 1.29 is 19.4 Å². The van der Waals surface area contributed by atoms with Crippen LogP contribution in [0, 0.1) is 0 Å². The van der Waals surface area contributed by atoms with Gasteiger partial charge in [0.15, 0.2) is 6.10 Å². The molecule has 1 atom stereocenters. The van der Waals surface area contributed by atoms with E-state index >= 15 is 0 Å². The first-order valence-corrected chi connectivity index (χ1v) is 20.0. The number of esters is 1. The van der Waals surface area contributed by atoms with Crippen LogP contribution in [0.25, 0.3) is 0 Å². The number of carbonyl (C=O) groups is 2. The van der Waals surface area contributed by atoms with Crippen LogP contribution >= 0.6 is 0 Å². The Labute approximate surface area is 275 Å². The van der Waals surface area contributed by atoms with Gasteiger partial charge in [-0.2, -0.15) is 0 Å². The van der Waals surface area contributed by atoms with Gasteiger partial charge in [-0.1, -0.05) is 213 Å². The Balaban J connectivity index is 3.47. The Morgan fingerprint density at radius 2 is 0.659 bits per heavy atom. The van der Waals surface area contributed by atoms with Gasteiger partial charge in [0.2, 0.25) is 0 Å². The molecule has 262 valence electrons. The number of aliphatic carboxylic acids is 1. The first kappa shape index (κ1) is 42.9. The summed E-state index contributed by atoms with van der Waals surface area (Å²) in [5.41, 5.74) is 0. The van der Waals surface area contributed by atoms with E-state index < -0.39 is 12.1 Å². The first-order chi connectivity index (χ1) is 21.6. The molecule has 0 saturated carbocycles. The minimum absolute atomic E-state index is 0.338. The maximum Gasteiger partial charge on any atom is 0.345 e. The highest BCUT2D eigenvalue weighted by Crippen LogP contribution is 2.17. The van der Waals surface area contributed by atoms with Gasteiger partial charge in [0.05, 0.1) is 0 Å². The van der Waals surface area contributed by atoms with Gasteiger partial charge in [-0.15, -0.1) is 0 Å². The van der Waals surface area contributed by atoms with E-state index in [1.165, 1.54) is 173 Å². The van der Waals surface area contributed by atoms with Crippen molar-refractivity contribution in [2.75, 3.05) is 0 Å². The van der Waals surface area contributed by atoms with Crippen LogP contribution in [-0.4, -0.2) is 23.1 Å². The van der Waals surface area contributed by atoms with E-state index in [0.717, 1.165) is 38.5 Å². The molecule has 0 fully saturated rings. The van der Waals surface area contributed by atoms with Gasteiger partial charge in [0.25, 0.3) is 0 Å². The molecule has 0 aromatic carbocycles. The van der Waals surface area contributed by atoms with Crippen molar-refractivity contribution >= 4 is 11.9 Å². The largest absolute Gasteiger partial charge is 0.479 e. The SMILES string of the molecule is CCCCCCCCCCCCCCCCCCCCCC(=O)OC(CCCCCCCCCCCCCCCC)C(=O)O. The number of carboxylic acid groups (broad SMARTS) is 1. The molecule has 0 spiro atoms. The average Bonchev–Trinajstić information content (AvgIpc) is 3.01. The zero-order chi connectivity index (χ0) is 32.2. The molecule has 0 bridgehead atoms. The van der Waals surface area contributed by atoms with Crippen molar-refractivity contribution in [3.8, 4) is 0 Å². The van der Waals surface area contributed by atoms with Crippen molar-refractivity contribution in [1.29, 1.82) is 0 Å². The summed E-state index contributed by atoms with van der Waals surface area (Å²) in [5.74, 6) is -1.34. The Hall–Kier alpha value is -1.06. The predicted octanol–water partition coefficient (Wildman–Crippen LogP) is 13.7. The number of carboxylic acids is 1.